The molecule has 2 aliphatic heterocycles. The van der Waals surface area contributed by atoms with Gasteiger partial charge in [0.25, 0.3) is 11.5 Å². The first-order valence-electron chi connectivity index (χ1n) is 11.1. The normalized spacial score (nSPS) is 20.0. The molecule has 8 heteroatoms. The van der Waals surface area contributed by atoms with E-state index in [1.165, 1.54) is 23.9 Å². The zero-order valence-corrected chi connectivity index (χ0v) is 17.9. The third-order valence-corrected chi connectivity index (χ3v) is 6.44. The van der Waals surface area contributed by atoms with Gasteiger partial charge in [-0.15, -0.1) is 0 Å². The van der Waals surface area contributed by atoms with Gasteiger partial charge in [0.15, 0.2) is 0 Å². The molecule has 1 atom stereocenters. The molecule has 0 unspecified atom stereocenters. The number of aryl methyl sites for hydroxylation is 1. The first-order valence-corrected chi connectivity index (χ1v) is 11.1. The van der Waals surface area contributed by atoms with Gasteiger partial charge < -0.3 is 9.80 Å². The third-order valence-electron chi connectivity index (χ3n) is 6.44. The summed E-state index contributed by atoms with van der Waals surface area (Å²) in [5, 5.41) is 4.06. The molecule has 2 aliphatic rings. The summed E-state index contributed by atoms with van der Waals surface area (Å²) < 4.78 is 1.18. The summed E-state index contributed by atoms with van der Waals surface area (Å²) in [5.41, 5.74) is 1.15. The van der Waals surface area contributed by atoms with Gasteiger partial charge in [0.2, 0.25) is 5.91 Å². The van der Waals surface area contributed by atoms with Crippen LogP contribution in [0.4, 0.5) is 0 Å². The van der Waals surface area contributed by atoms with Crippen LogP contribution in [0.15, 0.2) is 41.5 Å². The number of piperidine rings is 2. The van der Waals surface area contributed by atoms with Crippen molar-refractivity contribution in [2.45, 2.75) is 44.6 Å². The van der Waals surface area contributed by atoms with E-state index < -0.39 is 0 Å². The fraction of sp³-hybridized carbons (Fsp3) is 0.522. The zero-order valence-electron chi connectivity index (χ0n) is 17.9. The minimum atomic E-state index is -0.240. The number of rotatable bonds is 4. The van der Waals surface area contributed by atoms with Crippen molar-refractivity contribution in [3.8, 4) is 0 Å². The second-order valence-electron chi connectivity index (χ2n) is 8.51. The number of pyridine rings is 1. The van der Waals surface area contributed by atoms with Crippen LogP contribution >= 0.6 is 0 Å². The molecule has 2 saturated heterocycles. The summed E-state index contributed by atoms with van der Waals surface area (Å²) in [4.78, 5) is 45.4. The van der Waals surface area contributed by atoms with Crippen molar-refractivity contribution in [2.75, 3.05) is 19.6 Å². The first-order chi connectivity index (χ1) is 15.0. The van der Waals surface area contributed by atoms with E-state index in [4.69, 9.17) is 0 Å². The van der Waals surface area contributed by atoms with Crippen LogP contribution in [0, 0.1) is 5.92 Å². The van der Waals surface area contributed by atoms with Crippen molar-refractivity contribution < 1.29 is 9.59 Å². The molecule has 2 aromatic rings. The Morgan fingerprint density at radius 2 is 1.87 bits per heavy atom. The quantitative estimate of drug-likeness (QED) is 0.752. The van der Waals surface area contributed by atoms with E-state index >= 15 is 0 Å². The molecule has 0 aliphatic carbocycles. The number of nitrogens with zero attached hydrogens (tertiary/aromatic N) is 5. The molecule has 2 amide bonds. The molecule has 2 fully saturated rings. The van der Waals surface area contributed by atoms with Gasteiger partial charge in [0, 0.05) is 51.6 Å². The lowest BCUT2D eigenvalue weighted by Gasteiger charge is -2.38. The number of hydrogen-bond donors (Lipinski definition) is 0. The minimum Gasteiger partial charge on any atom is -0.337 e. The monoisotopic (exact) mass is 423 g/mol. The first kappa shape index (κ1) is 21.2. The molecule has 0 bridgehead atoms. The molecule has 0 spiro atoms. The van der Waals surface area contributed by atoms with Gasteiger partial charge in [-0.1, -0.05) is 6.07 Å². The topological polar surface area (TPSA) is 88.4 Å². The van der Waals surface area contributed by atoms with Crippen molar-refractivity contribution in [3.63, 3.8) is 0 Å². The van der Waals surface area contributed by atoms with Gasteiger partial charge in [0.1, 0.15) is 5.69 Å². The van der Waals surface area contributed by atoms with Crippen molar-refractivity contribution in [1.29, 1.82) is 0 Å². The van der Waals surface area contributed by atoms with Gasteiger partial charge >= 0.3 is 0 Å². The number of hydrogen-bond acceptors (Lipinski definition) is 5. The Labute approximate surface area is 181 Å². The molecule has 4 rings (SSSR count). The van der Waals surface area contributed by atoms with Crippen LogP contribution in [0.5, 0.6) is 0 Å². The van der Waals surface area contributed by atoms with Gasteiger partial charge in [-0.2, -0.15) is 5.10 Å². The highest BCUT2D eigenvalue weighted by Gasteiger charge is 2.31. The lowest BCUT2D eigenvalue weighted by molar-refractivity contribution is -0.136. The molecular weight excluding hydrogens is 394 g/mol. The lowest BCUT2D eigenvalue weighted by atomic mass is 9.90. The van der Waals surface area contributed by atoms with Crippen molar-refractivity contribution in [2.24, 2.45) is 13.0 Å². The molecule has 164 valence electrons. The molecule has 8 nitrogen and oxygen atoms in total. The second kappa shape index (κ2) is 9.41. The maximum absolute atomic E-state index is 13.1. The van der Waals surface area contributed by atoms with Crippen molar-refractivity contribution >= 4 is 11.8 Å². The molecule has 4 heterocycles. The van der Waals surface area contributed by atoms with Crippen LogP contribution in [0.3, 0.4) is 0 Å². The summed E-state index contributed by atoms with van der Waals surface area (Å²) in [7, 11) is 1.54. The van der Waals surface area contributed by atoms with Crippen LogP contribution < -0.4 is 5.56 Å². The predicted molar refractivity (Wildman–Crippen MR) is 115 cm³/mol. The van der Waals surface area contributed by atoms with Gasteiger partial charge in [-0.25, -0.2) is 4.68 Å². The van der Waals surface area contributed by atoms with Gasteiger partial charge in [-0.05, 0) is 55.7 Å². The van der Waals surface area contributed by atoms with E-state index in [0.717, 1.165) is 44.2 Å². The number of carbonyl (C=O) groups is 2. The molecule has 31 heavy (non-hydrogen) atoms. The van der Waals surface area contributed by atoms with Gasteiger partial charge in [-0.3, -0.25) is 19.4 Å². The SMILES string of the molecule is Cn1nc(C(=O)N2CCC(CC(=O)N3CCCC[C@@H]3c3cccnc3)CC2)ccc1=O. The Bertz CT molecular complexity index is 982. The van der Waals surface area contributed by atoms with Crippen molar-refractivity contribution in [3.05, 3.63) is 58.3 Å². The fourth-order valence-electron chi connectivity index (χ4n) is 4.63. The van der Waals surface area contributed by atoms with E-state index in [0.29, 0.717) is 19.5 Å². The van der Waals surface area contributed by atoms with Crippen LogP contribution in [-0.2, 0) is 11.8 Å². The molecule has 0 saturated carbocycles. The van der Waals surface area contributed by atoms with Crippen LogP contribution in [-0.4, -0.2) is 56.0 Å². The molecular formula is C23H29N5O3. The molecule has 0 aromatic carbocycles. The predicted octanol–water partition coefficient (Wildman–Crippen LogP) is 2.17. The Morgan fingerprint density at radius 1 is 1.06 bits per heavy atom. The molecule has 2 aromatic heterocycles. The summed E-state index contributed by atoms with van der Waals surface area (Å²) >= 11 is 0. The largest absolute Gasteiger partial charge is 0.337 e. The second-order valence-corrected chi connectivity index (χ2v) is 8.51. The minimum absolute atomic E-state index is 0.118. The Kier molecular flexibility index (Phi) is 6.44. The van der Waals surface area contributed by atoms with Crippen molar-refractivity contribution in [1.82, 2.24) is 24.6 Å². The van der Waals surface area contributed by atoms with E-state index in [1.807, 2.05) is 17.2 Å². The highest BCUT2D eigenvalue weighted by molar-refractivity contribution is 5.92. The van der Waals surface area contributed by atoms with Crippen LogP contribution in [0.1, 0.15) is 60.6 Å². The highest BCUT2D eigenvalue weighted by Crippen LogP contribution is 2.32. The number of carbonyl (C=O) groups excluding carboxylic acids is 2. The summed E-state index contributed by atoms with van der Waals surface area (Å²) in [6.45, 7) is 2.01. The summed E-state index contributed by atoms with van der Waals surface area (Å²) in [6, 6.07) is 6.95. The zero-order chi connectivity index (χ0) is 21.8. The standard InChI is InChI=1S/C23H29N5O3/c1-26-21(29)8-7-19(25-26)23(31)27-13-9-17(10-14-27)15-22(30)28-12-3-2-6-20(28)18-5-4-11-24-16-18/h4-5,7-8,11,16-17,20H,2-3,6,9-10,12-15H2,1H3/t20-/m1/s1. The maximum atomic E-state index is 13.1. The molecule has 0 radical (unpaired) electrons. The van der Waals surface area contributed by atoms with E-state index in [2.05, 4.69) is 16.1 Å². The summed E-state index contributed by atoms with van der Waals surface area (Å²) in [5.74, 6) is 0.326. The third kappa shape index (κ3) is 4.84. The summed E-state index contributed by atoms with van der Waals surface area (Å²) in [6.07, 6.45) is 8.91. The maximum Gasteiger partial charge on any atom is 0.274 e. The molecule has 0 N–H and O–H groups in total. The lowest BCUT2D eigenvalue weighted by Crippen LogP contribution is -2.42. The van der Waals surface area contributed by atoms with Gasteiger partial charge in [0.05, 0.1) is 6.04 Å². The number of likely N-dealkylation sites (tertiary alicyclic amines) is 2. The Balaban J connectivity index is 1.33. The van der Waals surface area contributed by atoms with Crippen LogP contribution in [0.2, 0.25) is 0 Å². The average molecular weight is 424 g/mol. The number of aromatic nitrogens is 3. The Morgan fingerprint density at radius 3 is 2.58 bits per heavy atom. The Hall–Kier alpha value is -3.03. The fourth-order valence-corrected chi connectivity index (χ4v) is 4.63. The number of amides is 2. The smallest absolute Gasteiger partial charge is 0.274 e. The van der Waals surface area contributed by atoms with E-state index in [-0.39, 0.29) is 35.0 Å². The average Bonchev–Trinajstić information content (AvgIpc) is 2.81. The van der Waals surface area contributed by atoms with E-state index in [9.17, 15) is 14.4 Å². The van der Waals surface area contributed by atoms with E-state index in [1.54, 1.807) is 11.1 Å². The van der Waals surface area contributed by atoms with Crippen LogP contribution in [0.25, 0.3) is 0 Å². The highest BCUT2D eigenvalue weighted by atomic mass is 16.2.